The van der Waals surface area contributed by atoms with Crippen LogP contribution in [-0.4, -0.2) is 60.6 Å². The van der Waals surface area contributed by atoms with Crippen LogP contribution in [0.1, 0.15) is 6.42 Å². The predicted molar refractivity (Wildman–Crippen MR) is 53.5 cm³/mol. The van der Waals surface area contributed by atoms with E-state index in [4.69, 9.17) is 0 Å². The highest BCUT2D eigenvalue weighted by atomic mass is 16.3. The Morgan fingerprint density at radius 2 is 2.36 bits per heavy atom. The third kappa shape index (κ3) is 3.36. The van der Waals surface area contributed by atoms with Gasteiger partial charge in [-0.1, -0.05) is 5.92 Å². The van der Waals surface area contributed by atoms with Crippen molar-refractivity contribution >= 4 is 5.91 Å². The molecule has 0 bridgehead atoms. The fraction of sp³-hybridized carbons (Fsp3) is 0.700. The molecule has 1 saturated heterocycles. The second-order valence-electron chi connectivity index (χ2n) is 3.73. The minimum Gasteiger partial charge on any atom is -0.391 e. The van der Waals surface area contributed by atoms with E-state index >= 15 is 0 Å². The first-order valence-electron chi connectivity index (χ1n) is 4.70. The molecule has 4 heteroatoms. The Morgan fingerprint density at radius 3 is 2.86 bits per heavy atom. The average molecular weight is 196 g/mol. The molecular weight excluding hydrogens is 180 g/mol. The van der Waals surface area contributed by atoms with Crippen LogP contribution < -0.4 is 0 Å². The zero-order valence-corrected chi connectivity index (χ0v) is 8.66. The summed E-state index contributed by atoms with van der Waals surface area (Å²) in [7, 11) is 3.80. The first-order chi connectivity index (χ1) is 6.59. The molecule has 1 aliphatic rings. The molecule has 1 rings (SSSR count). The number of amides is 1. The molecule has 1 aliphatic heterocycles. The fourth-order valence-electron chi connectivity index (χ4n) is 1.28. The van der Waals surface area contributed by atoms with Gasteiger partial charge in [0.1, 0.15) is 0 Å². The summed E-state index contributed by atoms with van der Waals surface area (Å²) in [5.41, 5.74) is 0. The molecule has 4 nitrogen and oxygen atoms in total. The summed E-state index contributed by atoms with van der Waals surface area (Å²) in [4.78, 5) is 14.9. The van der Waals surface area contributed by atoms with Crippen molar-refractivity contribution in [3.8, 4) is 11.8 Å². The minimum atomic E-state index is -0.366. The third-order valence-corrected chi connectivity index (χ3v) is 2.04. The van der Waals surface area contributed by atoms with Crippen molar-refractivity contribution in [1.82, 2.24) is 9.80 Å². The topological polar surface area (TPSA) is 43.8 Å². The van der Waals surface area contributed by atoms with Crippen molar-refractivity contribution in [2.45, 2.75) is 12.5 Å². The van der Waals surface area contributed by atoms with Gasteiger partial charge in [0.2, 0.25) is 0 Å². The van der Waals surface area contributed by atoms with Crippen LogP contribution in [0.25, 0.3) is 0 Å². The Morgan fingerprint density at radius 1 is 1.64 bits per heavy atom. The molecule has 0 unspecified atom stereocenters. The molecule has 0 aromatic rings. The van der Waals surface area contributed by atoms with E-state index in [2.05, 4.69) is 11.8 Å². The Labute approximate surface area is 84.5 Å². The standard InChI is InChI=1S/C10H16N2O2/c1-11(2)6-3-4-10(14)12-7-5-9(13)8-12/h9,13H,5-8H2,1-2H3/t9-/m0/s1. The Balaban J connectivity index is 2.37. The number of likely N-dealkylation sites (tertiary alicyclic amines) is 1. The van der Waals surface area contributed by atoms with Crippen LogP contribution in [0.3, 0.4) is 0 Å². The Kier molecular flexibility index (Phi) is 3.93. The quantitative estimate of drug-likeness (QED) is 0.555. The molecule has 0 aromatic heterocycles. The van der Waals surface area contributed by atoms with Crippen molar-refractivity contribution in [3.63, 3.8) is 0 Å². The number of carbonyl (C=O) groups excluding carboxylic acids is 1. The summed E-state index contributed by atoms with van der Waals surface area (Å²) in [5, 5.41) is 9.21. The van der Waals surface area contributed by atoms with Gasteiger partial charge in [0.15, 0.2) is 0 Å². The highest BCUT2D eigenvalue weighted by Gasteiger charge is 2.22. The van der Waals surface area contributed by atoms with Gasteiger partial charge in [-0.3, -0.25) is 9.69 Å². The average Bonchev–Trinajstić information content (AvgIpc) is 2.51. The van der Waals surface area contributed by atoms with Crippen LogP contribution in [0, 0.1) is 11.8 Å². The molecule has 0 spiro atoms. The van der Waals surface area contributed by atoms with Gasteiger partial charge >= 0.3 is 0 Å². The SMILES string of the molecule is CN(C)CC#CC(=O)N1CC[C@H](O)C1. The molecule has 1 amide bonds. The maximum atomic E-state index is 11.4. The van der Waals surface area contributed by atoms with E-state index in [0.717, 1.165) is 0 Å². The van der Waals surface area contributed by atoms with Crippen LogP contribution in [0.5, 0.6) is 0 Å². The molecule has 1 heterocycles. The molecule has 0 aromatic carbocycles. The highest BCUT2D eigenvalue weighted by Crippen LogP contribution is 2.07. The Bertz CT molecular complexity index is 265. The molecule has 0 aliphatic carbocycles. The van der Waals surface area contributed by atoms with Crippen molar-refractivity contribution < 1.29 is 9.90 Å². The summed E-state index contributed by atoms with van der Waals surface area (Å²) in [6, 6.07) is 0. The number of hydrogen-bond acceptors (Lipinski definition) is 3. The van der Waals surface area contributed by atoms with Gasteiger partial charge in [0, 0.05) is 13.1 Å². The number of aliphatic hydroxyl groups excluding tert-OH is 1. The first-order valence-corrected chi connectivity index (χ1v) is 4.70. The predicted octanol–water partition coefficient (Wildman–Crippen LogP) is -0.855. The van der Waals surface area contributed by atoms with E-state index in [1.807, 2.05) is 19.0 Å². The van der Waals surface area contributed by atoms with Crippen LogP contribution in [0.2, 0.25) is 0 Å². The van der Waals surface area contributed by atoms with E-state index in [1.165, 1.54) is 0 Å². The van der Waals surface area contributed by atoms with Gasteiger partial charge in [0.05, 0.1) is 12.6 Å². The van der Waals surface area contributed by atoms with Crippen LogP contribution in [0.15, 0.2) is 0 Å². The molecule has 1 N–H and O–H groups in total. The molecule has 1 fully saturated rings. The molecule has 0 saturated carbocycles. The van der Waals surface area contributed by atoms with Gasteiger partial charge in [0.25, 0.3) is 5.91 Å². The van der Waals surface area contributed by atoms with Gasteiger partial charge < -0.3 is 10.0 Å². The lowest BCUT2D eigenvalue weighted by atomic mass is 10.3. The summed E-state index contributed by atoms with van der Waals surface area (Å²) in [5.74, 6) is 5.16. The third-order valence-electron chi connectivity index (χ3n) is 2.04. The maximum absolute atomic E-state index is 11.4. The molecular formula is C10H16N2O2. The summed E-state index contributed by atoms with van der Waals surface area (Å²) < 4.78 is 0. The molecule has 0 radical (unpaired) electrons. The number of hydrogen-bond donors (Lipinski definition) is 1. The van der Waals surface area contributed by atoms with Crippen LogP contribution >= 0.6 is 0 Å². The van der Waals surface area contributed by atoms with E-state index in [-0.39, 0.29) is 12.0 Å². The second-order valence-corrected chi connectivity index (χ2v) is 3.73. The minimum absolute atomic E-state index is 0.177. The lowest BCUT2D eigenvalue weighted by molar-refractivity contribution is -0.124. The van der Waals surface area contributed by atoms with Gasteiger partial charge in [-0.25, -0.2) is 0 Å². The highest BCUT2D eigenvalue weighted by molar-refractivity contribution is 5.93. The summed E-state index contributed by atoms with van der Waals surface area (Å²) >= 11 is 0. The number of β-amino-alcohol motifs (C(OH)–C–C–N with tert-alkyl or cyclic N) is 1. The molecule has 14 heavy (non-hydrogen) atoms. The van der Waals surface area contributed by atoms with Crippen molar-refractivity contribution in [1.29, 1.82) is 0 Å². The largest absolute Gasteiger partial charge is 0.391 e. The van der Waals surface area contributed by atoms with Crippen molar-refractivity contribution in [3.05, 3.63) is 0 Å². The van der Waals surface area contributed by atoms with Gasteiger partial charge in [-0.15, -0.1) is 0 Å². The number of nitrogens with zero attached hydrogens (tertiary/aromatic N) is 2. The van der Waals surface area contributed by atoms with Crippen molar-refractivity contribution in [2.24, 2.45) is 0 Å². The molecule has 1 atom stereocenters. The molecule has 78 valence electrons. The smallest absolute Gasteiger partial charge is 0.298 e. The zero-order valence-electron chi connectivity index (χ0n) is 8.66. The number of carbonyl (C=O) groups is 1. The van der Waals surface area contributed by atoms with Gasteiger partial charge in [-0.2, -0.15) is 0 Å². The van der Waals surface area contributed by atoms with Crippen molar-refractivity contribution in [2.75, 3.05) is 33.7 Å². The summed E-state index contributed by atoms with van der Waals surface area (Å²) in [6.07, 6.45) is 0.302. The monoisotopic (exact) mass is 196 g/mol. The first kappa shape index (κ1) is 11.0. The van der Waals surface area contributed by atoms with Crippen LogP contribution in [-0.2, 0) is 4.79 Å². The van der Waals surface area contributed by atoms with E-state index < -0.39 is 0 Å². The zero-order chi connectivity index (χ0) is 10.6. The fourth-order valence-corrected chi connectivity index (χ4v) is 1.28. The lowest BCUT2D eigenvalue weighted by Crippen LogP contribution is -2.28. The second kappa shape index (κ2) is 4.99. The van der Waals surface area contributed by atoms with Gasteiger partial charge in [-0.05, 0) is 26.4 Å². The normalized spacial score (nSPS) is 20.9. The number of rotatable bonds is 1. The van der Waals surface area contributed by atoms with E-state index in [0.29, 0.717) is 26.1 Å². The lowest BCUT2D eigenvalue weighted by Gasteiger charge is -2.10. The van der Waals surface area contributed by atoms with E-state index in [1.54, 1.807) is 4.90 Å². The maximum Gasteiger partial charge on any atom is 0.298 e. The van der Waals surface area contributed by atoms with Crippen LogP contribution in [0.4, 0.5) is 0 Å². The Hall–Kier alpha value is -1.05. The van der Waals surface area contributed by atoms with E-state index in [9.17, 15) is 9.90 Å². The number of aliphatic hydroxyl groups is 1. The summed E-state index contributed by atoms with van der Waals surface area (Å²) in [6.45, 7) is 1.63.